The summed E-state index contributed by atoms with van der Waals surface area (Å²) in [6.07, 6.45) is 2.11. The number of aromatic nitrogens is 2. The molecule has 3 aromatic rings. The zero-order chi connectivity index (χ0) is 22.7. The molecule has 1 saturated heterocycles. The number of nitrogens with zero attached hydrogens (tertiary/aromatic N) is 2. The Kier molecular flexibility index (Phi) is 6.45. The van der Waals surface area contributed by atoms with E-state index in [4.69, 9.17) is 9.47 Å². The lowest BCUT2D eigenvalue weighted by molar-refractivity contribution is -0.223. The molecule has 2 N–H and O–H groups in total. The minimum Gasteiger partial charge on any atom is -0.394 e. The number of hydrogen-bond donors (Lipinski definition) is 2. The molecule has 7 nitrogen and oxygen atoms in total. The molecule has 2 atom stereocenters. The molecule has 166 valence electrons. The van der Waals surface area contributed by atoms with Gasteiger partial charge in [0.1, 0.15) is 28.8 Å². The van der Waals surface area contributed by atoms with Crippen molar-refractivity contribution in [1.82, 2.24) is 9.97 Å². The van der Waals surface area contributed by atoms with Crippen LogP contribution >= 0.6 is 0 Å². The average Bonchev–Trinajstić information content (AvgIpc) is 2.80. The minimum absolute atomic E-state index is 0.179. The van der Waals surface area contributed by atoms with Crippen molar-refractivity contribution in [1.29, 1.82) is 0 Å². The summed E-state index contributed by atoms with van der Waals surface area (Å²) in [4.78, 5) is 20.6. The molecule has 1 amide bonds. The number of halogens is 3. The van der Waals surface area contributed by atoms with Crippen LogP contribution in [0.5, 0.6) is 0 Å². The van der Waals surface area contributed by atoms with Crippen LogP contribution in [-0.4, -0.2) is 40.3 Å². The first-order valence-electron chi connectivity index (χ1n) is 9.72. The number of benzene rings is 1. The van der Waals surface area contributed by atoms with Crippen molar-refractivity contribution in [2.24, 2.45) is 0 Å². The summed E-state index contributed by atoms with van der Waals surface area (Å²) in [7, 11) is 0. The van der Waals surface area contributed by atoms with Gasteiger partial charge in [-0.15, -0.1) is 0 Å². The van der Waals surface area contributed by atoms with E-state index in [0.717, 1.165) is 30.3 Å². The van der Waals surface area contributed by atoms with Gasteiger partial charge >= 0.3 is 0 Å². The summed E-state index contributed by atoms with van der Waals surface area (Å²) < 4.78 is 53.8. The van der Waals surface area contributed by atoms with Gasteiger partial charge in [-0.2, -0.15) is 0 Å². The molecule has 3 heterocycles. The average molecular weight is 445 g/mol. The molecule has 0 radical (unpaired) electrons. The van der Waals surface area contributed by atoms with Crippen molar-refractivity contribution >= 4 is 11.6 Å². The van der Waals surface area contributed by atoms with Gasteiger partial charge in [0.2, 0.25) is 0 Å². The number of rotatable bonds is 5. The van der Waals surface area contributed by atoms with Crippen molar-refractivity contribution in [3.05, 3.63) is 77.5 Å². The fourth-order valence-corrected chi connectivity index (χ4v) is 3.26. The number of carbonyl (C=O) groups excluding carboxylic acids is 1. The quantitative estimate of drug-likeness (QED) is 0.623. The number of hydrogen-bond acceptors (Lipinski definition) is 6. The molecule has 1 aromatic carbocycles. The number of pyridine rings is 2. The topological polar surface area (TPSA) is 93.6 Å². The number of ether oxygens (including phenoxy) is 2. The number of amides is 1. The van der Waals surface area contributed by atoms with Crippen LogP contribution in [0.2, 0.25) is 0 Å². The number of aliphatic hydroxyl groups excluding tert-OH is 1. The fraction of sp³-hybridized carbons (Fsp3) is 0.227. The molecule has 0 saturated carbocycles. The molecule has 1 aliphatic heterocycles. The maximum absolute atomic E-state index is 14.3. The molecular weight excluding hydrogens is 427 g/mol. The smallest absolute Gasteiger partial charge is 0.274 e. The largest absolute Gasteiger partial charge is 0.394 e. The highest BCUT2D eigenvalue weighted by atomic mass is 19.1. The van der Waals surface area contributed by atoms with Crippen LogP contribution < -0.4 is 5.32 Å². The minimum atomic E-state index is -1.01. The Morgan fingerprint density at radius 2 is 1.91 bits per heavy atom. The Balaban J connectivity index is 1.62. The summed E-state index contributed by atoms with van der Waals surface area (Å²) in [5, 5.41) is 11.9. The molecular formula is C22H18F3N3O4. The molecule has 0 spiro atoms. The molecule has 0 aliphatic carbocycles. The highest BCUT2D eigenvalue weighted by Gasteiger charge is 2.27. The summed E-state index contributed by atoms with van der Waals surface area (Å²) in [5.41, 5.74) is -0.859. The molecule has 1 aliphatic rings. The normalized spacial score (nSPS) is 18.4. The van der Waals surface area contributed by atoms with Gasteiger partial charge in [0.05, 0.1) is 36.8 Å². The van der Waals surface area contributed by atoms with E-state index in [1.807, 2.05) is 0 Å². The second kappa shape index (κ2) is 9.43. The van der Waals surface area contributed by atoms with Gasteiger partial charge in [-0.3, -0.25) is 9.78 Å². The van der Waals surface area contributed by atoms with Gasteiger partial charge in [0.25, 0.3) is 5.91 Å². The predicted molar refractivity (Wildman–Crippen MR) is 107 cm³/mol. The van der Waals surface area contributed by atoms with Crippen LogP contribution in [0.25, 0.3) is 11.3 Å². The van der Waals surface area contributed by atoms with Gasteiger partial charge in [-0.25, -0.2) is 18.2 Å². The standard InChI is InChI=1S/C22H18F3N3O4/c23-14-2-1-3-15(24)19(14)20-16(25)4-5-17(27-20)21(30)28-18-10-26-8-6-13(18)22-31-9-7-12(11-29)32-22/h1-6,8,10,12,22,29H,7,9,11H2,(H,28,30). The maximum Gasteiger partial charge on any atom is 0.274 e. The monoisotopic (exact) mass is 445 g/mol. The highest BCUT2D eigenvalue weighted by Crippen LogP contribution is 2.31. The van der Waals surface area contributed by atoms with Crippen LogP contribution in [0.15, 0.2) is 48.8 Å². The van der Waals surface area contributed by atoms with Gasteiger partial charge in [0, 0.05) is 11.8 Å². The van der Waals surface area contributed by atoms with Crippen molar-refractivity contribution in [3.63, 3.8) is 0 Å². The first kappa shape index (κ1) is 21.9. The third-order valence-corrected chi connectivity index (χ3v) is 4.86. The maximum atomic E-state index is 14.3. The fourth-order valence-electron chi connectivity index (χ4n) is 3.26. The van der Waals surface area contributed by atoms with Crippen LogP contribution in [-0.2, 0) is 9.47 Å². The third kappa shape index (κ3) is 4.47. The van der Waals surface area contributed by atoms with Crippen LogP contribution in [0.1, 0.15) is 28.8 Å². The predicted octanol–water partition coefficient (Wildman–Crippen LogP) is 3.61. The number of aliphatic hydroxyl groups is 1. The van der Waals surface area contributed by atoms with Gasteiger partial charge in [-0.1, -0.05) is 6.07 Å². The molecule has 0 bridgehead atoms. The number of carbonyl (C=O) groups is 1. The summed E-state index contributed by atoms with van der Waals surface area (Å²) in [6, 6.07) is 6.67. The third-order valence-electron chi connectivity index (χ3n) is 4.86. The first-order chi connectivity index (χ1) is 15.5. The van der Waals surface area contributed by atoms with E-state index < -0.39 is 47.0 Å². The molecule has 1 fully saturated rings. The van der Waals surface area contributed by atoms with Gasteiger partial charge in [-0.05, 0) is 36.8 Å². The molecule has 32 heavy (non-hydrogen) atoms. The lowest BCUT2D eigenvalue weighted by Crippen LogP contribution is -2.30. The van der Waals surface area contributed by atoms with E-state index >= 15 is 0 Å². The second-order valence-electron chi connectivity index (χ2n) is 6.97. The summed E-state index contributed by atoms with van der Waals surface area (Å²) >= 11 is 0. The Morgan fingerprint density at radius 3 is 2.66 bits per heavy atom. The van der Waals surface area contributed by atoms with Crippen LogP contribution in [0, 0.1) is 17.5 Å². The van der Waals surface area contributed by atoms with Crippen LogP contribution in [0.3, 0.4) is 0 Å². The Morgan fingerprint density at radius 1 is 1.12 bits per heavy atom. The molecule has 10 heteroatoms. The van der Waals surface area contributed by atoms with Crippen molar-refractivity contribution in [2.45, 2.75) is 18.8 Å². The number of nitrogens with one attached hydrogen (secondary N) is 1. The summed E-state index contributed by atoms with van der Waals surface area (Å²) in [5.74, 6) is -3.75. The van der Waals surface area contributed by atoms with Crippen molar-refractivity contribution in [3.8, 4) is 11.3 Å². The molecule has 2 aromatic heterocycles. The van der Waals surface area contributed by atoms with Gasteiger partial charge in [0.15, 0.2) is 6.29 Å². The van der Waals surface area contributed by atoms with Gasteiger partial charge < -0.3 is 19.9 Å². The van der Waals surface area contributed by atoms with E-state index in [2.05, 4.69) is 15.3 Å². The molecule has 2 unspecified atom stereocenters. The molecule has 4 rings (SSSR count). The highest BCUT2D eigenvalue weighted by molar-refractivity contribution is 6.03. The van der Waals surface area contributed by atoms with E-state index in [1.165, 1.54) is 12.4 Å². The van der Waals surface area contributed by atoms with E-state index in [0.29, 0.717) is 18.6 Å². The Hall–Kier alpha value is -3.34. The SMILES string of the molecule is O=C(Nc1cnccc1C1OCCC(CO)O1)c1ccc(F)c(-c2c(F)cccc2F)n1. The van der Waals surface area contributed by atoms with Crippen molar-refractivity contribution < 1.29 is 32.5 Å². The lowest BCUT2D eigenvalue weighted by atomic mass is 10.1. The Labute approximate surface area is 180 Å². The van der Waals surface area contributed by atoms with Crippen LogP contribution in [0.4, 0.5) is 18.9 Å². The lowest BCUT2D eigenvalue weighted by Gasteiger charge is -2.30. The zero-order valence-electron chi connectivity index (χ0n) is 16.6. The van der Waals surface area contributed by atoms with Crippen molar-refractivity contribution in [2.75, 3.05) is 18.5 Å². The Bertz CT molecular complexity index is 1120. The van der Waals surface area contributed by atoms with E-state index in [1.54, 1.807) is 6.07 Å². The number of anilines is 1. The zero-order valence-corrected chi connectivity index (χ0v) is 16.6. The first-order valence-corrected chi connectivity index (χ1v) is 9.72. The van der Waals surface area contributed by atoms with E-state index in [9.17, 15) is 23.1 Å². The second-order valence-corrected chi connectivity index (χ2v) is 6.97. The van der Waals surface area contributed by atoms with E-state index in [-0.39, 0.29) is 18.0 Å². The summed E-state index contributed by atoms with van der Waals surface area (Å²) in [6.45, 7) is 0.171.